The lowest BCUT2D eigenvalue weighted by Crippen LogP contribution is -2.33. The quantitative estimate of drug-likeness (QED) is 0.237. The second-order valence-electron chi connectivity index (χ2n) is 6.22. The Bertz CT molecular complexity index is 1100. The lowest BCUT2D eigenvalue weighted by molar-refractivity contribution is -0.0503. The number of ether oxygens (including phenoxy) is 1. The average molecular weight is 506 g/mol. The number of rotatable bonds is 8. The molecule has 17 nitrogen and oxygen atoms in total. The van der Waals surface area contributed by atoms with Gasteiger partial charge in [-0.1, -0.05) is 0 Å². The third-order valence-corrected chi connectivity index (χ3v) is 7.77. The van der Waals surface area contributed by atoms with E-state index in [1.54, 1.807) is 6.92 Å². The molecule has 6 unspecified atom stereocenters. The third-order valence-electron chi connectivity index (χ3n) is 3.97. The molecule has 31 heavy (non-hydrogen) atoms. The van der Waals surface area contributed by atoms with Gasteiger partial charge in [-0.3, -0.25) is 9.09 Å². The fraction of sp³-hybridized carbons (Fsp3) is 0.545. The van der Waals surface area contributed by atoms with Crippen LogP contribution < -0.4 is 0 Å². The van der Waals surface area contributed by atoms with Gasteiger partial charge in [0.05, 0.1) is 18.6 Å². The highest BCUT2D eigenvalue weighted by molar-refractivity contribution is 7.66. The molecule has 1 aliphatic heterocycles. The number of phosphoric acid groups is 3. The zero-order chi connectivity index (χ0) is 23.2. The highest BCUT2D eigenvalue weighted by Gasteiger charge is 2.46. The predicted octanol–water partition coefficient (Wildman–Crippen LogP) is -0.903. The van der Waals surface area contributed by atoms with E-state index in [1.807, 2.05) is 0 Å². The summed E-state index contributed by atoms with van der Waals surface area (Å²) in [6, 6.07) is 0. The van der Waals surface area contributed by atoms with Crippen molar-refractivity contribution in [3.05, 3.63) is 18.3 Å². The second-order valence-corrected chi connectivity index (χ2v) is 10.6. The summed E-state index contributed by atoms with van der Waals surface area (Å²) in [6.07, 6.45) is -3.33. The van der Waals surface area contributed by atoms with Crippen LogP contribution in [0.5, 0.6) is 0 Å². The molecule has 2 aromatic rings. The van der Waals surface area contributed by atoms with E-state index < -0.39 is 54.6 Å². The number of aliphatic hydroxyl groups excluding tert-OH is 2. The van der Waals surface area contributed by atoms with Crippen LogP contribution >= 0.6 is 23.5 Å². The Morgan fingerprint density at radius 2 is 1.71 bits per heavy atom. The molecule has 1 aliphatic rings. The average Bonchev–Trinajstić information content (AvgIpc) is 3.13. The number of imidazole rings is 1. The summed E-state index contributed by atoms with van der Waals surface area (Å²) < 4.78 is 52.1. The molecule has 6 N–H and O–H groups in total. The Labute approximate surface area is 172 Å². The fourth-order valence-electron chi connectivity index (χ4n) is 2.72. The first kappa shape index (κ1) is 24.5. The van der Waals surface area contributed by atoms with Gasteiger partial charge in [-0.15, -0.1) is 0 Å². The first-order valence-electron chi connectivity index (χ1n) is 8.13. The summed E-state index contributed by atoms with van der Waals surface area (Å²) in [7, 11) is -16.6. The van der Waals surface area contributed by atoms with E-state index in [0.717, 1.165) is 0 Å². The van der Waals surface area contributed by atoms with Crippen LogP contribution in [-0.2, 0) is 31.6 Å². The SMILES string of the molecule is Cc1ncnc2c1ncn2C1OC(COP(=O)(O)OP(=O)(O)OP(=O)(O)O)C(O)C1O. The van der Waals surface area contributed by atoms with Crippen molar-refractivity contribution in [1.82, 2.24) is 19.5 Å². The Kier molecular flexibility index (Phi) is 6.83. The van der Waals surface area contributed by atoms with Crippen LogP contribution in [0.15, 0.2) is 12.7 Å². The van der Waals surface area contributed by atoms with Crippen molar-refractivity contribution < 1.29 is 61.4 Å². The van der Waals surface area contributed by atoms with Crippen LogP contribution in [0.1, 0.15) is 11.9 Å². The highest BCUT2D eigenvalue weighted by Crippen LogP contribution is 2.66. The van der Waals surface area contributed by atoms with Gasteiger partial charge in [0.15, 0.2) is 11.9 Å². The Morgan fingerprint density at radius 1 is 1.03 bits per heavy atom. The van der Waals surface area contributed by atoms with Gasteiger partial charge in [-0.25, -0.2) is 28.6 Å². The molecule has 1 fully saturated rings. The van der Waals surface area contributed by atoms with Crippen LogP contribution in [0, 0.1) is 6.92 Å². The number of aromatic nitrogens is 4. The lowest BCUT2D eigenvalue weighted by Gasteiger charge is -2.19. The Hall–Kier alpha value is -1.16. The van der Waals surface area contributed by atoms with E-state index in [-0.39, 0.29) is 5.65 Å². The first-order valence-corrected chi connectivity index (χ1v) is 12.7. The van der Waals surface area contributed by atoms with Gasteiger partial charge in [0.2, 0.25) is 0 Å². The summed E-state index contributed by atoms with van der Waals surface area (Å²) in [6.45, 7) is 0.743. The minimum absolute atomic E-state index is 0.275. The molecule has 0 saturated carbocycles. The lowest BCUT2D eigenvalue weighted by atomic mass is 10.1. The van der Waals surface area contributed by atoms with Crippen LogP contribution in [0.2, 0.25) is 0 Å². The van der Waals surface area contributed by atoms with Gasteiger partial charge in [0, 0.05) is 0 Å². The molecule has 0 aromatic carbocycles. The van der Waals surface area contributed by atoms with Crippen molar-refractivity contribution >= 4 is 34.6 Å². The van der Waals surface area contributed by atoms with E-state index in [0.29, 0.717) is 11.2 Å². The topological polar surface area (TPSA) is 253 Å². The number of aliphatic hydroxyl groups is 2. The largest absolute Gasteiger partial charge is 0.490 e. The van der Waals surface area contributed by atoms with Crippen molar-refractivity contribution in [2.24, 2.45) is 0 Å². The van der Waals surface area contributed by atoms with Crippen LogP contribution in [-0.4, -0.2) is 74.2 Å². The molecule has 0 amide bonds. The number of hydrogen-bond donors (Lipinski definition) is 6. The molecule has 3 heterocycles. The number of aryl methyl sites for hydroxylation is 1. The van der Waals surface area contributed by atoms with Gasteiger partial charge in [-0.05, 0) is 6.92 Å². The van der Waals surface area contributed by atoms with Gasteiger partial charge in [0.25, 0.3) is 0 Å². The molecular weight excluding hydrogens is 489 g/mol. The van der Waals surface area contributed by atoms with Crippen LogP contribution in [0.25, 0.3) is 11.2 Å². The second kappa shape index (κ2) is 8.65. The maximum absolute atomic E-state index is 11.8. The van der Waals surface area contributed by atoms with Gasteiger partial charge in [-0.2, -0.15) is 8.62 Å². The first-order chi connectivity index (χ1) is 14.2. The van der Waals surface area contributed by atoms with E-state index in [4.69, 9.17) is 19.4 Å². The summed E-state index contributed by atoms with van der Waals surface area (Å²) in [5.74, 6) is 0. The van der Waals surface area contributed by atoms with E-state index in [1.165, 1.54) is 17.2 Å². The Balaban J connectivity index is 1.69. The molecule has 2 aromatic heterocycles. The number of phosphoric ester groups is 1. The summed E-state index contributed by atoms with van der Waals surface area (Å²) in [5, 5.41) is 20.5. The molecule has 174 valence electrons. The summed E-state index contributed by atoms with van der Waals surface area (Å²) >= 11 is 0. The molecule has 20 heteroatoms. The van der Waals surface area contributed by atoms with Gasteiger partial charge in [0.1, 0.15) is 30.2 Å². The van der Waals surface area contributed by atoms with E-state index in [2.05, 4.69) is 28.1 Å². The summed E-state index contributed by atoms with van der Waals surface area (Å²) in [4.78, 5) is 47.7. The Morgan fingerprint density at radius 3 is 2.35 bits per heavy atom. The summed E-state index contributed by atoms with van der Waals surface area (Å²) in [5.41, 5.74) is 1.22. The van der Waals surface area contributed by atoms with Crippen LogP contribution in [0.4, 0.5) is 0 Å². The maximum atomic E-state index is 11.8. The highest BCUT2D eigenvalue weighted by atomic mass is 31.3. The normalized spacial score (nSPS) is 28.5. The van der Waals surface area contributed by atoms with Crippen LogP contribution in [0.3, 0.4) is 0 Å². The van der Waals surface area contributed by atoms with Crippen molar-refractivity contribution in [2.45, 2.75) is 31.5 Å². The standard InChI is InChI=1S/C11H17N4O13P3/c1-5-7-10(13-3-12-5)15(4-14-7)11-9(17)8(16)6(26-11)2-25-30(21,22)28-31(23,24)27-29(18,19)20/h3-4,6,8-9,11,16-17H,2H2,1H3,(H,21,22)(H,23,24)(H2,18,19,20). The van der Waals surface area contributed by atoms with E-state index >= 15 is 0 Å². The fourth-order valence-corrected chi connectivity index (χ4v) is 5.75. The molecule has 0 radical (unpaired) electrons. The van der Waals surface area contributed by atoms with E-state index in [9.17, 15) is 28.8 Å². The minimum Gasteiger partial charge on any atom is -0.387 e. The molecule has 3 rings (SSSR count). The maximum Gasteiger partial charge on any atom is 0.490 e. The van der Waals surface area contributed by atoms with Crippen molar-refractivity contribution in [1.29, 1.82) is 0 Å². The zero-order valence-electron chi connectivity index (χ0n) is 15.3. The predicted molar refractivity (Wildman–Crippen MR) is 95.8 cm³/mol. The number of fused-ring (bicyclic) bond motifs is 1. The number of hydrogen-bond acceptors (Lipinski definition) is 12. The molecule has 0 bridgehead atoms. The van der Waals surface area contributed by atoms with Crippen molar-refractivity contribution in [3.8, 4) is 0 Å². The monoisotopic (exact) mass is 506 g/mol. The zero-order valence-corrected chi connectivity index (χ0v) is 18.0. The molecule has 6 atom stereocenters. The van der Waals surface area contributed by atoms with Gasteiger partial charge >= 0.3 is 23.5 Å². The molecule has 0 aliphatic carbocycles. The third kappa shape index (κ3) is 5.80. The van der Waals surface area contributed by atoms with Crippen molar-refractivity contribution in [3.63, 3.8) is 0 Å². The molecule has 1 saturated heterocycles. The molecule has 0 spiro atoms. The number of nitrogens with zero attached hydrogens (tertiary/aromatic N) is 4. The minimum atomic E-state index is -5.69. The van der Waals surface area contributed by atoms with Gasteiger partial charge < -0.3 is 34.5 Å². The van der Waals surface area contributed by atoms with Crippen molar-refractivity contribution in [2.75, 3.05) is 6.61 Å². The smallest absolute Gasteiger partial charge is 0.387 e. The molecular formula is C11H17N4O13P3.